The summed E-state index contributed by atoms with van der Waals surface area (Å²) in [6.45, 7) is 5.14. The van der Waals surface area contributed by atoms with E-state index in [1.165, 1.54) is 12.8 Å². The molecule has 1 amide bonds. The van der Waals surface area contributed by atoms with Crippen LogP contribution in [0.4, 0.5) is 5.69 Å². The molecule has 0 spiro atoms. The molecule has 1 fully saturated rings. The van der Waals surface area contributed by atoms with Crippen LogP contribution in [0.25, 0.3) is 0 Å². The average Bonchev–Trinajstić information content (AvgIpc) is 3.48. The highest BCUT2D eigenvalue weighted by molar-refractivity contribution is 7.89. The first-order valence-electron chi connectivity index (χ1n) is 9.87. The van der Waals surface area contributed by atoms with E-state index in [4.69, 9.17) is 4.74 Å². The van der Waals surface area contributed by atoms with E-state index in [0.717, 1.165) is 23.3 Å². The molecule has 0 unspecified atom stereocenters. The molecule has 0 radical (unpaired) electrons. The van der Waals surface area contributed by atoms with Crippen molar-refractivity contribution >= 4 is 21.6 Å². The van der Waals surface area contributed by atoms with Crippen LogP contribution < -0.4 is 10.0 Å². The van der Waals surface area contributed by atoms with E-state index in [1.807, 2.05) is 38.1 Å². The Morgan fingerprint density at radius 1 is 1.10 bits per heavy atom. The monoisotopic (exact) mass is 416 g/mol. The van der Waals surface area contributed by atoms with Crippen LogP contribution in [0.15, 0.2) is 47.4 Å². The highest BCUT2D eigenvalue weighted by Crippen LogP contribution is 2.29. The van der Waals surface area contributed by atoms with Crippen LogP contribution in [-0.2, 0) is 26.2 Å². The lowest BCUT2D eigenvalue weighted by molar-refractivity contribution is -0.116. The number of sulfonamides is 1. The molecule has 0 aromatic heterocycles. The average molecular weight is 417 g/mol. The zero-order valence-corrected chi connectivity index (χ0v) is 17.7. The van der Waals surface area contributed by atoms with Gasteiger partial charge < -0.3 is 10.1 Å². The molecular formula is C22H28N2O4S. The summed E-state index contributed by atoms with van der Waals surface area (Å²) in [6.07, 6.45) is 2.55. The van der Waals surface area contributed by atoms with Gasteiger partial charge >= 0.3 is 0 Å². The standard InChI is InChI=1S/C22H28N2O4S/c1-16-6-9-21(12-17(16)2)29(26,27)23-11-10-22(25)24-20-5-3-4-19(13-20)15-28-14-18-7-8-18/h3-6,9,12-13,18,23H,7-8,10-11,14-15H2,1-2H3,(H,24,25). The van der Waals surface area contributed by atoms with Crippen molar-refractivity contribution in [3.05, 3.63) is 59.2 Å². The van der Waals surface area contributed by atoms with Crippen LogP contribution in [0, 0.1) is 19.8 Å². The van der Waals surface area contributed by atoms with Crippen molar-refractivity contribution in [2.75, 3.05) is 18.5 Å². The van der Waals surface area contributed by atoms with Gasteiger partial charge in [0.05, 0.1) is 11.5 Å². The van der Waals surface area contributed by atoms with Gasteiger partial charge in [-0.15, -0.1) is 0 Å². The van der Waals surface area contributed by atoms with Gasteiger partial charge in [0.2, 0.25) is 15.9 Å². The molecule has 29 heavy (non-hydrogen) atoms. The minimum atomic E-state index is -3.63. The zero-order chi connectivity index (χ0) is 20.9. The van der Waals surface area contributed by atoms with E-state index in [9.17, 15) is 13.2 Å². The molecule has 0 aliphatic heterocycles. The molecule has 2 aromatic carbocycles. The van der Waals surface area contributed by atoms with Gasteiger partial charge in [-0.25, -0.2) is 13.1 Å². The summed E-state index contributed by atoms with van der Waals surface area (Å²) in [5, 5.41) is 2.81. The second-order valence-corrected chi connectivity index (χ2v) is 9.37. The molecule has 1 aliphatic rings. The summed E-state index contributed by atoms with van der Waals surface area (Å²) < 4.78 is 32.9. The molecule has 1 aliphatic carbocycles. The lowest BCUT2D eigenvalue weighted by Crippen LogP contribution is -2.28. The second kappa shape index (κ2) is 9.52. The number of anilines is 1. The van der Waals surface area contributed by atoms with E-state index in [2.05, 4.69) is 10.0 Å². The minimum absolute atomic E-state index is 0.0330. The zero-order valence-electron chi connectivity index (χ0n) is 16.9. The number of ether oxygens (including phenoxy) is 1. The predicted octanol–water partition coefficient (Wildman–Crippen LogP) is 3.54. The minimum Gasteiger partial charge on any atom is -0.376 e. The van der Waals surface area contributed by atoms with E-state index >= 15 is 0 Å². The highest BCUT2D eigenvalue weighted by atomic mass is 32.2. The van der Waals surface area contributed by atoms with Crippen molar-refractivity contribution in [3.63, 3.8) is 0 Å². The largest absolute Gasteiger partial charge is 0.376 e. The van der Waals surface area contributed by atoms with Gasteiger partial charge in [0.25, 0.3) is 0 Å². The number of amides is 1. The number of aryl methyl sites for hydroxylation is 2. The Bertz CT molecular complexity index is 969. The van der Waals surface area contributed by atoms with Crippen LogP contribution in [-0.4, -0.2) is 27.5 Å². The second-order valence-electron chi connectivity index (χ2n) is 7.60. The molecule has 0 heterocycles. The Balaban J connectivity index is 1.46. The third-order valence-electron chi connectivity index (χ3n) is 4.96. The first-order chi connectivity index (χ1) is 13.8. The summed E-state index contributed by atoms with van der Waals surface area (Å²) in [6, 6.07) is 12.5. The summed E-state index contributed by atoms with van der Waals surface area (Å²) in [7, 11) is -3.63. The number of rotatable bonds is 10. The summed E-state index contributed by atoms with van der Waals surface area (Å²) in [4.78, 5) is 12.4. The number of carbonyl (C=O) groups is 1. The molecule has 0 bridgehead atoms. The molecule has 3 rings (SSSR count). The van der Waals surface area contributed by atoms with E-state index < -0.39 is 10.0 Å². The molecule has 7 heteroatoms. The molecule has 0 atom stereocenters. The van der Waals surface area contributed by atoms with Gasteiger partial charge in [-0.2, -0.15) is 0 Å². The molecule has 156 valence electrons. The Kier molecular flexibility index (Phi) is 7.05. The van der Waals surface area contributed by atoms with Crippen molar-refractivity contribution in [1.82, 2.24) is 4.72 Å². The Morgan fingerprint density at radius 3 is 2.62 bits per heavy atom. The maximum Gasteiger partial charge on any atom is 0.240 e. The molecule has 2 aromatic rings. The maximum absolute atomic E-state index is 12.4. The van der Waals surface area contributed by atoms with Crippen LogP contribution in [0.1, 0.15) is 36.0 Å². The molecule has 0 saturated heterocycles. The normalized spacial score (nSPS) is 14.0. The third-order valence-corrected chi connectivity index (χ3v) is 6.42. The smallest absolute Gasteiger partial charge is 0.240 e. The van der Waals surface area contributed by atoms with Gasteiger partial charge in [0, 0.05) is 25.3 Å². The van der Waals surface area contributed by atoms with Gasteiger partial charge in [-0.3, -0.25) is 4.79 Å². The van der Waals surface area contributed by atoms with E-state index in [-0.39, 0.29) is 23.8 Å². The van der Waals surface area contributed by atoms with Crippen molar-refractivity contribution in [2.45, 2.75) is 44.6 Å². The fourth-order valence-corrected chi connectivity index (χ4v) is 3.97. The van der Waals surface area contributed by atoms with Crippen LogP contribution >= 0.6 is 0 Å². The van der Waals surface area contributed by atoms with Crippen molar-refractivity contribution in [2.24, 2.45) is 5.92 Å². The Labute approximate surface area is 172 Å². The van der Waals surface area contributed by atoms with Crippen LogP contribution in [0.3, 0.4) is 0 Å². The molecule has 1 saturated carbocycles. The number of nitrogens with one attached hydrogen (secondary N) is 2. The third kappa shape index (κ3) is 6.66. The fraction of sp³-hybridized carbons (Fsp3) is 0.409. The number of hydrogen-bond donors (Lipinski definition) is 2. The van der Waals surface area contributed by atoms with E-state index in [0.29, 0.717) is 18.2 Å². The van der Waals surface area contributed by atoms with Gasteiger partial charge in [-0.05, 0) is 73.6 Å². The SMILES string of the molecule is Cc1ccc(S(=O)(=O)NCCC(=O)Nc2cccc(COCC3CC3)c2)cc1C. The molecule has 2 N–H and O–H groups in total. The quantitative estimate of drug-likeness (QED) is 0.620. The van der Waals surface area contributed by atoms with Gasteiger partial charge in [0.1, 0.15) is 0 Å². The predicted molar refractivity (Wildman–Crippen MR) is 113 cm³/mol. The summed E-state index contributed by atoms with van der Waals surface area (Å²) >= 11 is 0. The summed E-state index contributed by atoms with van der Waals surface area (Å²) in [5.41, 5.74) is 3.62. The Hall–Kier alpha value is -2.22. The van der Waals surface area contributed by atoms with Gasteiger partial charge in [-0.1, -0.05) is 18.2 Å². The van der Waals surface area contributed by atoms with Crippen molar-refractivity contribution < 1.29 is 17.9 Å². The molecular weight excluding hydrogens is 388 g/mol. The number of carbonyl (C=O) groups excluding carboxylic acids is 1. The fourth-order valence-electron chi connectivity index (χ4n) is 2.85. The van der Waals surface area contributed by atoms with Crippen molar-refractivity contribution in [3.8, 4) is 0 Å². The highest BCUT2D eigenvalue weighted by Gasteiger charge is 2.21. The maximum atomic E-state index is 12.4. The number of benzene rings is 2. The topological polar surface area (TPSA) is 84.5 Å². The van der Waals surface area contributed by atoms with Crippen LogP contribution in [0.2, 0.25) is 0 Å². The van der Waals surface area contributed by atoms with Crippen molar-refractivity contribution in [1.29, 1.82) is 0 Å². The van der Waals surface area contributed by atoms with Gasteiger partial charge in [0.15, 0.2) is 0 Å². The Morgan fingerprint density at radius 2 is 1.90 bits per heavy atom. The lowest BCUT2D eigenvalue weighted by Gasteiger charge is -2.10. The summed E-state index contributed by atoms with van der Waals surface area (Å²) in [5.74, 6) is 0.467. The first-order valence-corrected chi connectivity index (χ1v) is 11.4. The van der Waals surface area contributed by atoms with E-state index in [1.54, 1.807) is 18.2 Å². The lowest BCUT2D eigenvalue weighted by atomic mass is 10.1. The number of hydrogen-bond acceptors (Lipinski definition) is 4. The molecule has 6 nitrogen and oxygen atoms in total. The van der Waals surface area contributed by atoms with Crippen LogP contribution in [0.5, 0.6) is 0 Å². The first kappa shape index (κ1) is 21.5.